The van der Waals surface area contributed by atoms with Gasteiger partial charge in [0.2, 0.25) is 35.4 Å². The number of Topliss-reactive ketones (excluding diaryl/α,β-unsaturated/α-hetero) is 1. The normalized spacial score (nSPS) is 18.9. The summed E-state index contributed by atoms with van der Waals surface area (Å²) in [6.45, 7) is 14.3. The minimum absolute atomic E-state index is 0.0137. The molecule has 1 aromatic carbocycles. The van der Waals surface area contributed by atoms with Gasteiger partial charge in [-0.25, -0.2) is 4.79 Å². The van der Waals surface area contributed by atoms with Crippen molar-refractivity contribution in [2.45, 2.75) is 186 Å². The number of carbonyl (C=O) groups is 9. The maximum absolute atomic E-state index is 13.7. The third kappa shape index (κ3) is 20.3. The predicted octanol–water partition coefficient (Wildman–Crippen LogP) is 4.81. The average molecular weight is 1090 g/mol. The van der Waals surface area contributed by atoms with Crippen LogP contribution in [0.15, 0.2) is 34.5 Å². The van der Waals surface area contributed by atoms with Crippen LogP contribution in [-0.4, -0.2) is 126 Å². The number of amides is 9. The lowest BCUT2D eigenvalue weighted by Gasteiger charge is -2.25. The first-order valence-electron chi connectivity index (χ1n) is 26.6. The number of hydrogen-bond donors (Lipinski definition) is 9. The van der Waals surface area contributed by atoms with E-state index in [0.717, 1.165) is 37.1 Å². The van der Waals surface area contributed by atoms with Crippen LogP contribution in [0.5, 0.6) is 0 Å². The second-order valence-electron chi connectivity index (χ2n) is 21.7. The molecular weight excluding hydrogens is 1010 g/mol. The van der Waals surface area contributed by atoms with Crippen LogP contribution in [0.1, 0.15) is 148 Å². The van der Waals surface area contributed by atoms with E-state index in [1.807, 2.05) is 67.2 Å². The highest BCUT2D eigenvalue weighted by molar-refractivity contribution is 8.00. The minimum Gasteiger partial charge on any atom is -0.356 e. The zero-order valence-corrected chi connectivity index (χ0v) is 45.9. The van der Waals surface area contributed by atoms with Crippen LogP contribution in [0, 0.1) is 23.7 Å². The van der Waals surface area contributed by atoms with E-state index >= 15 is 0 Å². The molecule has 20 nitrogen and oxygen atoms in total. The lowest BCUT2D eigenvalue weighted by molar-refractivity contribution is -0.166. The van der Waals surface area contributed by atoms with Crippen molar-refractivity contribution in [2.24, 2.45) is 33.9 Å². The summed E-state index contributed by atoms with van der Waals surface area (Å²) in [5.41, 5.74) is -2.94. The molecule has 0 saturated carbocycles. The molecule has 0 bridgehead atoms. The number of unbranched alkanes of at least 4 members (excludes halogenated alkanes) is 3. The molecule has 9 amide bonds. The fourth-order valence-electron chi connectivity index (χ4n) is 9.02. The third-order valence-corrected chi connectivity index (χ3v) is 14.5. The molecule has 24 heteroatoms. The Bertz CT molecular complexity index is 2210. The lowest BCUT2D eigenvalue weighted by atomic mass is 9.99. The Morgan fingerprint density at radius 3 is 1.61 bits per heavy atom. The monoisotopic (exact) mass is 1090 g/mol. The molecule has 9 N–H and O–H groups in total. The van der Waals surface area contributed by atoms with E-state index in [1.54, 1.807) is 0 Å². The van der Waals surface area contributed by atoms with E-state index in [2.05, 4.69) is 58.1 Å². The van der Waals surface area contributed by atoms with Gasteiger partial charge in [-0.1, -0.05) is 80.4 Å². The molecule has 3 aliphatic heterocycles. The molecule has 0 radical (unpaired) electrons. The number of thioether (sulfide) groups is 1. The van der Waals surface area contributed by atoms with Crippen molar-refractivity contribution in [1.29, 1.82) is 0 Å². The van der Waals surface area contributed by atoms with E-state index in [1.165, 1.54) is 12.1 Å². The largest absolute Gasteiger partial charge is 0.442 e. The molecule has 3 aliphatic rings. The third-order valence-electron chi connectivity index (χ3n) is 13.0. The van der Waals surface area contributed by atoms with Crippen molar-refractivity contribution in [1.82, 2.24) is 47.9 Å². The molecule has 1 aromatic rings. The molecule has 424 valence electrons. The number of nitrogens with zero attached hydrogens (tertiary/aromatic N) is 2. The SMILES string of the molecule is CC(C)C[C@H](NC(=O)CCCCCNC(=O)CCCCC1SCC2NC(=O)NC21)C(=O)N[C@@H](CC(C)C)C(=O)NCC(=O)CNC(=O)[C@H](CC(C)C)NC(=O)[C@H](CC(C)C)NC(=O)c1ccc(C2(C(F)(F)F)N=N2)cc1. The zero-order valence-electron chi connectivity index (χ0n) is 45.1. The molecule has 0 spiro atoms. The Morgan fingerprint density at radius 2 is 1.11 bits per heavy atom. The molecule has 3 unspecified atom stereocenters. The Labute approximate surface area is 448 Å². The van der Waals surface area contributed by atoms with Crippen molar-refractivity contribution in [3.8, 4) is 0 Å². The van der Waals surface area contributed by atoms with Gasteiger partial charge >= 0.3 is 17.9 Å². The van der Waals surface area contributed by atoms with Crippen LogP contribution in [0.4, 0.5) is 18.0 Å². The highest BCUT2D eigenvalue weighted by Gasteiger charge is 2.65. The van der Waals surface area contributed by atoms with E-state index in [4.69, 9.17) is 0 Å². The summed E-state index contributed by atoms with van der Waals surface area (Å²) in [4.78, 5) is 118. The van der Waals surface area contributed by atoms with Crippen molar-refractivity contribution < 1.29 is 56.3 Å². The van der Waals surface area contributed by atoms with Gasteiger partial charge in [0, 0.05) is 41.5 Å². The quantitative estimate of drug-likeness (QED) is 0.0342. The Morgan fingerprint density at radius 1 is 0.618 bits per heavy atom. The van der Waals surface area contributed by atoms with Crippen molar-refractivity contribution in [2.75, 3.05) is 25.4 Å². The molecule has 4 rings (SSSR count). The number of fused-ring (bicyclic) bond motifs is 1. The molecule has 0 aliphatic carbocycles. The second kappa shape index (κ2) is 29.6. The summed E-state index contributed by atoms with van der Waals surface area (Å²) < 4.78 is 40.5. The number of urea groups is 1. The first-order chi connectivity index (χ1) is 35.8. The fourth-order valence-corrected chi connectivity index (χ4v) is 10.6. The number of rotatable bonds is 33. The van der Waals surface area contributed by atoms with Crippen molar-refractivity contribution in [3.05, 3.63) is 35.4 Å². The Hall–Kier alpha value is -5.81. The molecule has 3 heterocycles. The van der Waals surface area contributed by atoms with Crippen LogP contribution >= 0.6 is 11.8 Å². The fraction of sp³-hybridized carbons (Fsp3) is 0.712. The summed E-state index contributed by atoms with van der Waals surface area (Å²) in [6, 6.07) is 0.510. The summed E-state index contributed by atoms with van der Waals surface area (Å²) in [5.74, 6) is -3.58. The Kier molecular flexibility index (Phi) is 24.5. The highest BCUT2D eigenvalue weighted by atomic mass is 32.2. The van der Waals surface area contributed by atoms with Gasteiger partial charge in [0.05, 0.1) is 25.2 Å². The zero-order chi connectivity index (χ0) is 56.3. The van der Waals surface area contributed by atoms with Crippen LogP contribution in [-0.2, 0) is 39.2 Å². The molecule has 2 saturated heterocycles. The number of nitrogens with one attached hydrogen (secondary N) is 9. The molecule has 2 fully saturated rings. The van der Waals surface area contributed by atoms with Gasteiger partial charge in [-0.2, -0.15) is 24.9 Å². The van der Waals surface area contributed by atoms with Gasteiger partial charge in [-0.3, -0.25) is 38.4 Å². The maximum Gasteiger partial charge on any atom is 0.442 e. The van der Waals surface area contributed by atoms with Gasteiger partial charge in [-0.05, 0) is 87.2 Å². The van der Waals surface area contributed by atoms with Gasteiger partial charge in [0.25, 0.3) is 5.91 Å². The number of alkyl halides is 3. The molecule has 76 heavy (non-hydrogen) atoms. The predicted molar refractivity (Wildman–Crippen MR) is 280 cm³/mol. The van der Waals surface area contributed by atoms with Crippen LogP contribution in [0.25, 0.3) is 0 Å². The van der Waals surface area contributed by atoms with Gasteiger partial charge in [0.1, 0.15) is 24.2 Å². The summed E-state index contributed by atoms with van der Waals surface area (Å²) in [5, 5.41) is 31.5. The maximum atomic E-state index is 13.7. The number of halogens is 3. The van der Waals surface area contributed by atoms with E-state index in [9.17, 15) is 56.3 Å². The van der Waals surface area contributed by atoms with E-state index in [-0.39, 0.29) is 90.4 Å². The minimum atomic E-state index is -4.75. The standard InChI is InChI=1S/C52H80F3N11O9S/c1-29(2)22-36(61-48(73)38(24-31(5)6)59-43(69)16-10-9-13-21-56-42(68)15-12-11-14-41-44-40(28-76-41)63-50(75)64-44)46(71)57-26-35(67)27-58-47(72)37(23-30(3)4)62-49(74)39(25-32(7)8)60-45(70)33-17-19-34(20-18-33)51(65-66-51)52(53,54)55/h17-20,29-32,36-41,44H,9-16,21-28H2,1-8H3,(H,56,68)(H,57,71)(H,58,72)(H,59,69)(H,60,70)(H,61,73)(H,62,74)(H2,63,64,75)/t36-,37-,38-,39-,40?,41?,44?/m0/s1. The number of ketones is 1. The number of benzene rings is 1. The number of hydrogen-bond acceptors (Lipinski definition) is 12. The summed E-state index contributed by atoms with van der Waals surface area (Å²) in [6.07, 6.45) is 1.18. The Balaban J connectivity index is 1.19. The van der Waals surface area contributed by atoms with E-state index < -0.39 is 84.4 Å². The van der Waals surface area contributed by atoms with E-state index in [0.29, 0.717) is 43.9 Å². The first-order valence-corrected chi connectivity index (χ1v) is 27.7. The smallest absolute Gasteiger partial charge is 0.356 e. The second-order valence-corrected chi connectivity index (χ2v) is 23.0. The van der Waals surface area contributed by atoms with Crippen molar-refractivity contribution >= 4 is 64.9 Å². The molecular formula is C52H80F3N11O9S. The number of carbonyl (C=O) groups excluding carboxylic acids is 9. The van der Waals surface area contributed by atoms with Crippen LogP contribution in [0.2, 0.25) is 0 Å². The lowest BCUT2D eigenvalue weighted by Crippen LogP contribution is -2.55. The highest BCUT2D eigenvalue weighted by Crippen LogP contribution is 2.52. The van der Waals surface area contributed by atoms with Crippen LogP contribution < -0.4 is 47.9 Å². The topological polar surface area (TPSA) is 287 Å². The van der Waals surface area contributed by atoms with Gasteiger partial charge < -0.3 is 47.9 Å². The van der Waals surface area contributed by atoms with Crippen molar-refractivity contribution in [3.63, 3.8) is 0 Å². The van der Waals surface area contributed by atoms with Crippen LogP contribution in [0.3, 0.4) is 0 Å². The van der Waals surface area contributed by atoms with Gasteiger partial charge in [-0.15, -0.1) is 10.2 Å². The molecule has 7 atom stereocenters. The summed E-state index contributed by atoms with van der Waals surface area (Å²) >= 11 is 1.85. The first kappa shape index (κ1) is 62.7. The average Bonchev–Trinajstić information content (AvgIpc) is 3.98. The van der Waals surface area contributed by atoms with Gasteiger partial charge in [0.15, 0.2) is 5.78 Å². The molecule has 0 aromatic heterocycles. The summed E-state index contributed by atoms with van der Waals surface area (Å²) in [7, 11) is 0.